The van der Waals surface area contributed by atoms with Crippen LogP contribution in [-0.2, 0) is 10.5 Å². The van der Waals surface area contributed by atoms with Gasteiger partial charge >= 0.3 is 5.97 Å². The van der Waals surface area contributed by atoms with Gasteiger partial charge in [-0.05, 0) is 29.3 Å². The average Bonchev–Trinajstić information content (AvgIpc) is 3.20. The van der Waals surface area contributed by atoms with Crippen LogP contribution in [0.4, 0.5) is 0 Å². The Kier molecular flexibility index (Phi) is 8.26. The summed E-state index contributed by atoms with van der Waals surface area (Å²) in [6.07, 6.45) is 1.45. The zero-order chi connectivity index (χ0) is 21.3. The number of hydrogen-bond acceptors (Lipinski definition) is 8. The molecule has 0 unspecified atom stereocenters. The molecule has 0 spiro atoms. The molecule has 2 aromatic carbocycles. The number of nitrogens with one attached hydrogen (secondary N) is 1. The molecule has 3 rings (SSSR count). The number of carbonyl (C=O) groups is 2. The van der Waals surface area contributed by atoms with Crippen molar-refractivity contribution in [2.24, 2.45) is 5.10 Å². The number of carboxylic acids is 1. The van der Waals surface area contributed by atoms with Gasteiger partial charge in [0.2, 0.25) is 0 Å². The molecule has 11 heteroatoms. The number of hydrazone groups is 1. The molecule has 0 aliphatic carbocycles. The first kappa shape index (κ1) is 22.3. The highest BCUT2D eigenvalue weighted by Gasteiger charge is 2.09. The molecule has 1 heterocycles. The zero-order valence-corrected chi connectivity index (χ0v) is 18.5. The van der Waals surface area contributed by atoms with Gasteiger partial charge in [-0.1, -0.05) is 76.8 Å². The Balaban J connectivity index is 1.41. The van der Waals surface area contributed by atoms with E-state index in [4.69, 9.17) is 16.7 Å². The van der Waals surface area contributed by atoms with Gasteiger partial charge in [0, 0.05) is 10.8 Å². The van der Waals surface area contributed by atoms with Crippen LogP contribution in [0.25, 0.3) is 0 Å². The molecule has 0 bridgehead atoms. The molecule has 7 nitrogen and oxygen atoms in total. The van der Waals surface area contributed by atoms with Crippen LogP contribution in [0.1, 0.15) is 21.5 Å². The fraction of sp³-hybridized carbons (Fsp3) is 0.105. The molecule has 1 amide bonds. The molecule has 0 saturated heterocycles. The number of thioether (sulfide) groups is 2. The molecule has 3 aromatic rings. The van der Waals surface area contributed by atoms with Crippen LogP contribution in [0.5, 0.6) is 0 Å². The summed E-state index contributed by atoms with van der Waals surface area (Å²) in [5.41, 5.74) is 4.33. The summed E-state index contributed by atoms with van der Waals surface area (Å²) in [4.78, 5) is 22.7. The highest BCUT2D eigenvalue weighted by Crippen LogP contribution is 2.32. The van der Waals surface area contributed by atoms with Crippen LogP contribution in [0.2, 0.25) is 5.02 Å². The van der Waals surface area contributed by atoms with Crippen molar-refractivity contribution in [3.63, 3.8) is 0 Å². The molecule has 154 valence electrons. The Morgan fingerprint density at radius 3 is 2.50 bits per heavy atom. The third-order valence-corrected chi connectivity index (χ3v) is 7.19. The monoisotopic (exact) mass is 478 g/mol. The lowest BCUT2D eigenvalue weighted by atomic mass is 10.1. The van der Waals surface area contributed by atoms with Crippen molar-refractivity contribution in [2.75, 3.05) is 5.75 Å². The lowest BCUT2D eigenvalue weighted by Crippen LogP contribution is -2.19. The second-order valence-electron chi connectivity index (χ2n) is 5.72. The standard InChI is InChI=1S/C19H15ClN4O3S3/c20-15-4-2-1-3-14(15)10-28-18-23-24-19(30-18)29-11-16(25)22-21-9-12-5-7-13(8-6-12)17(26)27/h1-9H,10-11H2,(H,22,25)(H,26,27)/b21-9-. The summed E-state index contributed by atoms with van der Waals surface area (Å²) >= 11 is 10.4. The molecular formula is C19H15ClN4O3S3. The van der Waals surface area contributed by atoms with Crippen LogP contribution in [0.15, 0.2) is 62.3 Å². The van der Waals surface area contributed by atoms with Gasteiger partial charge in [-0.3, -0.25) is 4.79 Å². The van der Waals surface area contributed by atoms with Crippen molar-refractivity contribution in [3.05, 3.63) is 70.2 Å². The highest BCUT2D eigenvalue weighted by atomic mass is 35.5. The topological polar surface area (TPSA) is 105 Å². The Bertz CT molecular complexity index is 1060. The predicted molar refractivity (Wildman–Crippen MR) is 121 cm³/mol. The van der Waals surface area contributed by atoms with E-state index in [0.29, 0.717) is 15.7 Å². The Hall–Kier alpha value is -2.40. The van der Waals surface area contributed by atoms with E-state index in [1.54, 1.807) is 23.9 Å². The van der Waals surface area contributed by atoms with Crippen molar-refractivity contribution in [1.82, 2.24) is 15.6 Å². The first-order chi connectivity index (χ1) is 14.5. The molecule has 1 aromatic heterocycles. The second-order valence-corrected chi connectivity index (χ2v) is 9.55. The van der Waals surface area contributed by atoms with E-state index >= 15 is 0 Å². The van der Waals surface area contributed by atoms with Gasteiger partial charge in [0.15, 0.2) is 8.68 Å². The number of aromatic carboxylic acids is 1. The Labute approximate surface area is 190 Å². The minimum Gasteiger partial charge on any atom is -0.478 e. The molecule has 0 fully saturated rings. The third-order valence-electron chi connectivity index (χ3n) is 3.58. The van der Waals surface area contributed by atoms with Gasteiger partial charge in [-0.15, -0.1) is 10.2 Å². The van der Waals surface area contributed by atoms with Crippen molar-refractivity contribution in [1.29, 1.82) is 0 Å². The number of nitrogens with zero attached hydrogens (tertiary/aromatic N) is 3. The van der Waals surface area contributed by atoms with Crippen LogP contribution >= 0.6 is 46.5 Å². The van der Waals surface area contributed by atoms with Crippen molar-refractivity contribution in [3.8, 4) is 0 Å². The number of hydrogen-bond donors (Lipinski definition) is 2. The quantitative estimate of drug-likeness (QED) is 0.266. The summed E-state index contributed by atoms with van der Waals surface area (Å²) in [6, 6.07) is 13.8. The van der Waals surface area contributed by atoms with Crippen molar-refractivity contribution in [2.45, 2.75) is 14.4 Å². The van der Waals surface area contributed by atoms with Gasteiger partial charge in [-0.25, -0.2) is 10.2 Å². The van der Waals surface area contributed by atoms with Gasteiger partial charge in [-0.2, -0.15) is 5.10 Å². The normalized spacial score (nSPS) is 11.0. The van der Waals surface area contributed by atoms with Crippen molar-refractivity contribution >= 4 is 64.6 Å². The minimum atomic E-state index is -0.995. The van der Waals surface area contributed by atoms with E-state index in [-0.39, 0.29) is 17.2 Å². The van der Waals surface area contributed by atoms with E-state index in [1.807, 2.05) is 24.3 Å². The lowest BCUT2D eigenvalue weighted by Gasteiger charge is -2.00. The number of halogens is 1. The number of amides is 1. The number of aromatic nitrogens is 2. The molecule has 2 N–H and O–H groups in total. The lowest BCUT2D eigenvalue weighted by molar-refractivity contribution is -0.118. The average molecular weight is 479 g/mol. The van der Waals surface area contributed by atoms with Gasteiger partial charge in [0.25, 0.3) is 5.91 Å². The van der Waals surface area contributed by atoms with E-state index in [2.05, 4.69) is 20.7 Å². The van der Waals surface area contributed by atoms with Crippen LogP contribution in [-0.4, -0.2) is 39.1 Å². The molecular weight excluding hydrogens is 464 g/mol. The molecule has 0 saturated carbocycles. The summed E-state index contributed by atoms with van der Waals surface area (Å²) in [7, 11) is 0. The first-order valence-corrected chi connectivity index (χ1v) is 11.7. The fourth-order valence-electron chi connectivity index (χ4n) is 2.12. The summed E-state index contributed by atoms with van der Waals surface area (Å²) < 4.78 is 1.50. The summed E-state index contributed by atoms with van der Waals surface area (Å²) in [5.74, 6) is -0.425. The zero-order valence-electron chi connectivity index (χ0n) is 15.3. The predicted octanol–water partition coefficient (Wildman–Crippen LogP) is 4.42. The summed E-state index contributed by atoms with van der Waals surface area (Å²) in [6.45, 7) is 0. The second kappa shape index (κ2) is 11.1. The SMILES string of the molecule is O=C(CSc1nnc(SCc2ccccc2Cl)s1)N/N=C\c1ccc(C(=O)O)cc1. The van der Waals surface area contributed by atoms with Crippen LogP contribution in [0, 0.1) is 0 Å². The maximum absolute atomic E-state index is 11.9. The third kappa shape index (κ3) is 6.84. The number of carbonyl (C=O) groups excluding carboxylic acids is 1. The first-order valence-electron chi connectivity index (χ1n) is 8.49. The van der Waals surface area contributed by atoms with E-state index in [9.17, 15) is 9.59 Å². The van der Waals surface area contributed by atoms with E-state index in [0.717, 1.165) is 14.9 Å². The smallest absolute Gasteiger partial charge is 0.335 e. The van der Waals surface area contributed by atoms with Crippen LogP contribution in [0.3, 0.4) is 0 Å². The van der Waals surface area contributed by atoms with Gasteiger partial charge < -0.3 is 5.11 Å². The largest absolute Gasteiger partial charge is 0.478 e. The maximum Gasteiger partial charge on any atom is 0.335 e. The Morgan fingerprint density at radius 1 is 1.10 bits per heavy atom. The number of carboxylic acid groups (broad SMARTS) is 1. The highest BCUT2D eigenvalue weighted by molar-refractivity contribution is 8.03. The Morgan fingerprint density at radius 2 is 1.80 bits per heavy atom. The molecule has 0 aliphatic heterocycles. The fourth-order valence-corrected chi connectivity index (χ4v) is 5.22. The van der Waals surface area contributed by atoms with Gasteiger partial charge in [0.05, 0.1) is 17.5 Å². The summed E-state index contributed by atoms with van der Waals surface area (Å²) in [5, 5.41) is 21.7. The number of rotatable bonds is 9. The maximum atomic E-state index is 11.9. The van der Waals surface area contributed by atoms with Gasteiger partial charge in [0.1, 0.15) is 0 Å². The molecule has 0 atom stereocenters. The van der Waals surface area contributed by atoms with Crippen molar-refractivity contribution < 1.29 is 14.7 Å². The van der Waals surface area contributed by atoms with Crippen LogP contribution < -0.4 is 5.43 Å². The molecule has 0 aliphatic rings. The van der Waals surface area contributed by atoms with E-state index in [1.165, 1.54) is 41.4 Å². The number of benzene rings is 2. The van der Waals surface area contributed by atoms with E-state index < -0.39 is 5.97 Å². The molecule has 30 heavy (non-hydrogen) atoms. The minimum absolute atomic E-state index is 0.152. The molecule has 0 radical (unpaired) electrons.